The number of benzene rings is 1. The standard InChI is InChI=1S/C20H28N4OS/c1-15(2)26-14-18-12-19(25)23-20(22-18)21-17-8-10-24(11-9-17)13-16-6-4-3-5-7-16/h3-7,12,15,17H,8-11,13-14H2,1-2H3,(H2,21,22,23,25). The Hall–Kier alpha value is -1.79. The Morgan fingerprint density at radius 3 is 2.69 bits per heavy atom. The van der Waals surface area contributed by atoms with Crippen LogP contribution in [0.5, 0.6) is 0 Å². The smallest absolute Gasteiger partial charge is 0.252 e. The molecule has 2 heterocycles. The van der Waals surface area contributed by atoms with Crippen LogP contribution in [0, 0.1) is 0 Å². The maximum atomic E-state index is 11.9. The summed E-state index contributed by atoms with van der Waals surface area (Å²) in [7, 11) is 0. The van der Waals surface area contributed by atoms with Gasteiger partial charge in [0.2, 0.25) is 5.95 Å². The Morgan fingerprint density at radius 1 is 1.27 bits per heavy atom. The van der Waals surface area contributed by atoms with Crippen molar-refractivity contribution in [2.45, 2.75) is 50.3 Å². The number of nitrogens with zero attached hydrogens (tertiary/aromatic N) is 2. The Morgan fingerprint density at radius 2 is 2.00 bits per heavy atom. The monoisotopic (exact) mass is 372 g/mol. The van der Waals surface area contributed by atoms with E-state index in [0.29, 0.717) is 17.2 Å². The summed E-state index contributed by atoms with van der Waals surface area (Å²) in [6.45, 7) is 7.42. The van der Waals surface area contributed by atoms with Gasteiger partial charge in [-0.2, -0.15) is 11.8 Å². The summed E-state index contributed by atoms with van der Waals surface area (Å²) in [5.74, 6) is 1.38. The molecule has 0 bridgehead atoms. The molecule has 1 aromatic carbocycles. The van der Waals surface area contributed by atoms with Crippen LogP contribution in [0.1, 0.15) is 37.9 Å². The average Bonchev–Trinajstić information content (AvgIpc) is 2.62. The molecule has 6 heteroatoms. The lowest BCUT2D eigenvalue weighted by atomic mass is 10.0. The fraction of sp³-hybridized carbons (Fsp3) is 0.500. The van der Waals surface area contributed by atoms with Crippen molar-refractivity contribution in [1.82, 2.24) is 14.9 Å². The molecule has 1 aromatic heterocycles. The van der Waals surface area contributed by atoms with Crippen molar-refractivity contribution in [1.29, 1.82) is 0 Å². The second-order valence-corrected chi connectivity index (χ2v) is 8.69. The highest BCUT2D eigenvalue weighted by molar-refractivity contribution is 7.99. The molecule has 3 rings (SSSR count). The minimum Gasteiger partial charge on any atom is -0.353 e. The van der Waals surface area contributed by atoms with E-state index in [4.69, 9.17) is 0 Å². The number of aromatic amines is 1. The van der Waals surface area contributed by atoms with Crippen LogP contribution in [0.4, 0.5) is 5.95 Å². The number of anilines is 1. The van der Waals surface area contributed by atoms with Gasteiger partial charge in [0.15, 0.2) is 0 Å². The third-order valence-electron chi connectivity index (χ3n) is 4.54. The normalized spacial score (nSPS) is 16.1. The van der Waals surface area contributed by atoms with E-state index in [2.05, 4.69) is 64.4 Å². The van der Waals surface area contributed by atoms with E-state index in [9.17, 15) is 4.79 Å². The van der Waals surface area contributed by atoms with E-state index in [1.807, 2.05) is 0 Å². The molecule has 5 nitrogen and oxygen atoms in total. The first-order valence-electron chi connectivity index (χ1n) is 9.33. The Balaban J connectivity index is 1.52. The molecule has 1 saturated heterocycles. The second-order valence-electron chi connectivity index (χ2n) is 7.13. The van der Waals surface area contributed by atoms with Crippen molar-refractivity contribution in [3.8, 4) is 0 Å². The van der Waals surface area contributed by atoms with Crippen LogP contribution in [0.3, 0.4) is 0 Å². The predicted molar refractivity (Wildman–Crippen MR) is 110 cm³/mol. The lowest BCUT2D eigenvalue weighted by Gasteiger charge is -2.32. The van der Waals surface area contributed by atoms with Gasteiger partial charge in [-0.15, -0.1) is 0 Å². The third kappa shape index (κ3) is 5.88. The summed E-state index contributed by atoms with van der Waals surface area (Å²) in [6.07, 6.45) is 2.11. The number of aromatic nitrogens is 2. The van der Waals surface area contributed by atoms with Crippen molar-refractivity contribution in [3.05, 3.63) is 58.0 Å². The molecule has 0 radical (unpaired) electrons. The van der Waals surface area contributed by atoms with Crippen LogP contribution in [-0.4, -0.2) is 39.2 Å². The van der Waals surface area contributed by atoms with Gasteiger partial charge >= 0.3 is 0 Å². The number of likely N-dealkylation sites (tertiary alicyclic amines) is 1. The molecule has 0 saturated carbocycles. The van der Waals surface area contributed by atoms with E-state index in [0.717, 1.165) is 43.9 Å². The molecule has 0 aliphatic carbocycles. The largest absolute Gasteiger partial charge is 0.353 e. The van der Waals surface area contributed by atoms with Crippen molar-refractivity contribution in [3.63, 3.8) is 0 Å². The number of nitrogens with one attached hydrogen (secondary N) is 2. The van der Waals surface area contributed by atoms with Gasteiger partial charge in [0.25, 0.3) is 5.56 Å². The van der Waals surface area contributed by atoms with E-state index in [1.54, 1.807) is 17.8 Å². The maximum Gasteiger partial charge on any atom is 0.252 e. The van der Waals surface area contributed by atoms with Crippen molar-refractivity contribution < 1.29 is 0 Å². The highest BCUT2D eigenvalue weighted by Gasteiger charge is 2.19. The number of piperidine rings is 1. The van der Waals surface area contributed by atoms with E-state index in [-0.39, 0.29) is 5.56 Å². The van der Waals surface area contributed by atoms with Crippen LogP contribution < -0.4 is 10.9 Å². The van der Waals surface area contributed by atoms with Crippen LogP contribution in [0.15, 0.2) is 41.2 Å². The van der Waals surface area contributed by atoms with Gasteiger partial charge in [-0.05, 0) is 23.7 Å². The lowest BCUT2D eigenvalue weighted by Crippen LogP contribution is -2.39. The average molecular weight is 373 g/mol. The van der Waals surface area contributed by atoms with E-state index >= 15 is 0 Å². The van der Waals surface area contributed by atoms with Gasteiger partial charge in [0, 0.05) is 37.5 Å². The Labute approximate surface area is 159 Å². The fourth-order valence-electron chi connectivity index (χ4n) is 3.17. The van der Waals surface area contributed by atoms with Gasteiger partial charge in [0.05, 0.1) is 5.69 Å². The quantitative estimate of drug-likeness (QED) is 0.779. The third-order valence-corrected chi connectivity index (χ3v) is 5.67. The molecule has 0 unspecified atom stereocenters. The number of thioether (sulfide) groups is 1. The minimum absolute atomic E-state index is 0.0802. The Kier molecular flexibility index (Phi) is 6.74. The molecule has 1 fully saturated rings. The summed E-state index contributed by atoms with van der Waals surface area (Å²) in [5, 5.41) is 3.96. The SMILES string of the molecule is CC(C)SCc1cc(=O)[nH]c(NC2CCN(Cc3ccccc3)CC2)n1. The summed E-state index contributed by atoms with van der Waals surface area (Å²) >= 11 is 1.80. The summed E-state index contributed by atoms with van der Waals surface area (Å²) in [4.78, 5) is 21.8. The number of H-pyrrole nitrogens is 1. The molecule has 2 N–H and O–H groups in total. The first kappa shape index (κ1) is 19.0. The number of hydrogen-bond acceptors (Lipinski definition) is 5. The first-order chi connectivity index (χ1) is 12.6. The number of hydrogen-bond donors (Lipinski definition) is 2. The highest BCUT2D eigenvalue weighted by Crippen LogP contribution is 2.18. The molecule has 0 atom stereocenters. The summed E-state index contributed by atoms with van der Waals surface area (Å²) in [6, 6.07) is 12.6. The maximum absolute atomic E-state index is 11.9. The minimum atomic E-state index is -0.0802. The van der Waals surface area contributed by atoms with Gasteiger partial charge in [-0.3, -0.25) is 14.7 Å². The first-order valence-corrected chi connectivity index (χ1v) is 10.4. The van der Waals surface area contributed by atoms with E-state index in [1.165, 1.54) is 5.56 Å². The Bertz CT molecular complexity index is 739. The molecule has 140 valence electrons. The van der Waals surface area contributed by atoms with Gasteiger partial charge in [-0.1, -0.05) is 44.2 Å². The predicted octanol–water partition coefficient (Wildman–Crippen LogP) is 3.49. The number of rotatable bonds is 7. The van der Waals surface area contributed by atoms with Crippen LogP contribution >= 0.6 is 11.8 Å². The van der Waals surface area contributed by atoms with Crippen molar-refractivity contribution in [2.24, 2.45) is 0 Å². The molecular weight excluding hydrogens is 344 g/mol. The molecule has 1 aliphatic rings. The van der Waals surface area contributed by atoms with Crippen LogP contribution in [-0.2, 0) is 12.3 Å². The molecule has 1 aliphatic heterocycles. The van der Waals surface area contributed by atoms with Crippen LogP contribution in [0.2, 0.25) is 0 Å². The zero-order chi connectivity index (χ0) is 18.4. The molecule has 2 aromatic rings. The fourth-order valence-corrected chi connectivity index (χ4v) is 3.82. The van der Waals surface area contributed by atoms with Gasteiger partial charge in [0.1, 0.15) is 0 Å². The zero-order valence-electron chi connectivity index (χ0n) is 15.6. The lowest BCUT2D eigenvalue weighted by molar-refractivity contribution is 0.211. The van der Waals surface area contributed by atoms with Gasteiger partial charge < -0.3 is 5.32 Å². The summed E-state index contributed by atoms with van der Waals surface area (Å²) < 4.78 is 0. The van der Waals surface area contributed by atoms with Crippen molar-refractivity contribution in [2.75, 3.05) is 18.4 Å². The summed E-state index contributed by atoms with van der Waals surface area (Å²) in [5.41, 5.74) is 2.13. The highest BCUT2D eigenvalue weighted by atomic mass is 32.2. The molecule has 26 heavy (non-hydrogen) atoms. The molecule has 0 spiro atoms. The zero-order valence-corrected chi connectivity index (χ0v) is 16.4. The topological polar surface area (TPSA) is 61.0 Å². The van der Waals surface area contributed by atoms with Gasteiger partial charge in [-0.25, -0.2) is 4.98 Å². The molecular formula is C20H28N4OS. The molecule has 0 amide bonds. The second kappa shape index (κ2) is 9.24. The van der Waals surface area contributed by atoms with Crippen LogP contribution in [0.25, 0.3) is 0 Å². The van der Waals surface area contributed by atoms with Crippen molar-refractivity contribution >= 4 is 17.7 Å². The van der Waals surface area contributed by atoms with E-state index < -0.39 is 0 Å².